The molecule has 0 aliphatic carbocycles. The fraction of sp³-hybridized carbons (Fsp3) is 0. The molecule has 0 saturated heterocycles. The van der Waals surface area contributed by atoms with Crippen LogP contribution in [0.5, 0.6) is 0 Å². The van der Waals surface area contributed by atoms with Gasteiger partial charge in [-0.1, -0.05) is 0 Å². The van der Waals surface area contributed by atoms with Gasteiger partial charge in [-0.2, -0.15) is 0 Å². The Bertz CT molecular complexity index is 561. The van der Waals surface area contributed by atoms with Gasteiger partial charge in [0.05, 0.1) is 186 Å². The molecule has 0 aromatic carbocycles. The molecule has 0 aromatic heterocycles. The molecular formula is H48B46. The Labute approximate surface area is 323 Å². The molecule has 0 aliphatic heterocycles. The predicted octanol–water partition coefficient (Wildman–Crippen LogP) is -30.4. The van der Waals surface area contributed by atoms with Gasteiger partial charge in [-0.25, -0.2) is 0 Å². The molecule has 0 fully saturated rings. The van der Waals surface area contributed by atoms with Gasteiger partial charge < -0.3 is 0 Å². The molecule has 46 heteroatoms. The van der Waals surface area contributed by atoms with Crippen molar-refractivity contribution in [1.82, 2.24) is 0 Å². The van der Waals surface area contributed by atoms with Crippen molar-refractivity contribution >= 4 is 326 Å². The van der Waals surface area contributed by atoms with Crippen molar-refractivity contribution in [3.63, 3.8) is 0 Å². The van der Waals surface area contributed by atoms with E-state index in [2.05, 4.69) is 186 Å². The Morgan fingerprint density at radius 3 is 0.239 bits per heavy atom. The minimum atomic E-state index is 0.676. The van der Waals surface area contributed by atoms with E-state index in [0.29, 0.717) is 140 Å². The fourth-order valence-electron chi connectivity index (χ4n) is 13.0. The molecule has 0 saturated carbocycles. The van der Waals surface area contributed by atoms with Crippen LogP contribution in [0.3, 0.4) is 0 Å². The average molecular weight is 546 g/mol. The van der Waals surface area contributed by atoms with Crippen molar-refractivity contribution < 1.29 is 0 Å². The molecule has 46 heavy (non-hydrogen) atoms. The standard InChI is InChI=1S/B46H48/c1-25(2)37(26(3)4)43(38(27(5)6)28(7)8)46(44(39(29(9)10)30(11)12)40(31(13)14)32(15)16)45(41(33(17)18)34(19)20)42(35(21)22)36(23)24/h1-24H2. The molecule has 0 radical (unpaired) electrons. The monoisotopic (exact) mass is 555 g/mol. The molecule has 0 unspecified atom stereocenters. The third kappa shape index (κ3) is 13.1. The summed E-state index contributed by atoms with van der Waals surface area (Å²) in [5.41, 5.74) is 0. The minimum Gasteiger partial charge on any atom is 0.0000108 e. The van der Waals surface area contributed by atoms with E-state index in [1.54, 1.807) is 0 Å². The van der Waals surface area contributed by atoms with Crippen molar-refractivity contribution in [1.29, 1.82) is 0 Å². The van der Waals surface area contributed by atoms with Gasteiger partial charge in [-0.3, -0.25) is 0 Å². The first kappa shape index (κ1) is 49.0. The second kappa shape index (κ2) is 22.3. The summed E-state index contributed by atoms with van der Waals surface area (Å²) in [6.45, 7) is 0. The average Bonchev–Trinajstić information content (AvgIpc) is 2.81. The lowest BCUT2D eigenvalue weighted by Gasteiger charge is -2.55. The van der Waals surface area contributed by atoms with Crippen LogP contribution in [0.4, 0.5) is 0 Å². The van der Waals surface area contributed by atoms with Gasteiger partial charge in [-0.15, -0.1) is 0 Å². The number of rotatable bonds is 21. The van der Waals surface area contributed by atoms with Crippen LogP contribution in [0.25, 0.3) is 0 Å². The van der Waals surface area contributed by atoms with E-state index < -0.39 is 0 Å². The number of hydrogen-bond donors (Lipinski definition) is 0. The Kier molecular flexibility index (Phi) is 23.7. The second-order valence-electron chi connectivity index (χ2n) is 20.7. The van der Waals surface area contributed by atoms with Gasteiger partial charge in [-0.05, 0) is 0 Å². The Morgan fingerprint density at radius 1 is 0.109 bits per heavy atom. The van der Waals surface area contributed by atoms with Crippen LogP contribution in [0.2, 0.25) is 0 Å². The molecule has 0 aromatic rings. The summed E-state index contributed by atoms with van der Waals surface area (Å²) < 4.78 is 0. The molecule has 0 bridgehead atoms. The second-order valence-corrected chi connectivity index (χ2v) is 20.7. The zero-order valence-electron chi connectivity index (χ0n) is 36.7. The van der Waals surface area contributed by atoms with Crippen molar-refractivity contribution in [2.24, 2.45) is 0 Å². The summed E-state index contributed by atoms with van der Waals surface area (Å²) in [7, 11) is 62.1. The summed E-state index contributed by atoms with van der Waals surface area (Å²) in [6.07, 6.45) is 15.2. The summed E-state index contributed by atoms with van der Waals surface area (Å²) in [6, 6.07) is 0. The Hall–Kier alpha value is 2.99. The summed E-state index contributed by atoms with van der Waals surface area (Å²) in [4.78, 5) is 0. The number of hydrogen-bond acceptors (Lipinski definition) is 0. The largest absolute Gasteiger partial charge is 0.0552 e. The van der Waals surface area contributed by atoms with Crippen molar-refractivity contribution in [2.75, 3.05) is 0 Å². The van der Waals surface area contributed by atoms with Gasteiger partial charge in [0.25, 0.3) is 0 Å². The lowest BCUT2D eigenvalue weighted by Crippen LogP contribution is -2.94. The van der Waals surface area contributed by atoms with E-state index in [-0.39, 0.29) is 0 Å². The normalized spacial score (nSPS) is 9.65. The SMILES string of the molecule is BB(B)B(B(B)B)B(B(B(B)B)B(B)B)B(B(B(B(B)B)B(B)B)B(B(B)B)B(B)B)B(B(B(B)B)B(B)B)B(B(B)B)B(B)B. The lowest BCUT2D eigenvalue weighted by molar-refractivity contribution is 3.19. The first-order valence-corrected chi connectivity index (χ1v) is 20.9. The van der Waals surface area contributed by atoms with Gasteiger partial charge in [0.2, 0.25) is 0 Å². The topological polar surface area (TPSA) is 0 Å². The van der Waals surface area contributed by atoms with E-state index in [4.69, 9.17) is 0 Å². The van der Waals surface area contributed by atoms with Crippen LogP contribution in [-0.2, 0) is 0 Å². The highest BCUT2D eigenvalue weighted by atomic mass is 13.4. The van der Waals surface area contributed by atoms with E-state index >= 15 is 0 Å². The molecule has 0 N–H and O–H groups in total. The van der Waals surface area contributed by atoms with E-state index in [1.165, 1.54) is 0 Å². The summed E-state index contributed by atoms with van der Waals surface area (Å²) in [5.74, 6) is 0. The molecule has 0 amide bonds. The smallest absolute Gasteiger partial charge is 0.0000108 e. The third-order valence-corrected chi connectivity index (χ3v) is 13.2. The van der Waals surface area contributed by atoms with Crippen LogP contribution < -0.4 is 0 Å². The van der Waals surface area contributed by atoms with Crippen molar-refractivity contribution in [3.05, 3.63) is 0 Å². The quantitative estimate of drug-likeness (QED) is 0.126. The molecular weight excluding hydrogens is 497 g/mol. The van der Waals surface area contributed by atoms with E-state index in [0.717, 1.165) is 0 Å². The lowest BCUT2D eigenvalue weighted by atomic mass is 8.25. The van der Waals surface area contributed by atoms with Crippen LogP contribution in [0, 0.1) is 0 Å². The van der Waals surface area contributed by atoms with Gasteiger partial charge in [0, 0.05) is 140 Å². The molecule has 0 nitrogen and oxygen atoms in total. The highest BCUT2D eigenvalue weighted by Crippen LogP contribution is 2.21. The zero-order valence-corrected chi connectivity index (χ0v) is 36.7. The molecule has 0 spiro atoms. The predicted molar refractivity (Wildman–Crippen MR) is 332 cm³/mol. The van der Waals surface area contributed by atoms with Crippen LogP contribution in [0.15, 0.2) is 0 Å². The van der Waals surface area contributed by atoms with Gasteiger partial charge >= 0.3 is 0 Å². The van der Waals surface area contributed by atoms with E-state index in [1.807, 2.05) is 0 Å². The molecule has 0 aliphatic rings. The Balaban J connectivity index is 9.13. The maximum atomic E-state index is 2.59. The highest BCUT2D eigenvalue weighted by Gasteiger charge is 2.60. The molecule has 0 atom stereocenters. The van der Waals surface area contributed by atoms with Crippen LogP contribution >= 0.6 is 0 Å². The zero-order chi connectivity index (χ0) is 36.7. The fourth-order valence-corrected chi connectivity index (χ4v) is 13.0. The molecule has 0 heterocycles. The van der Waals surface area contributed by atoms with Crippen molar-refractivity contribution in [3.8, 4) is 0 Å². The Morgan fingerprint density at radius 2 is 0.174 bits per heavy atom. The van der Waals surface area contributed by atoms with Crippen molar-refractivity contribution in [2.45, 2.75) is 0 Å². The van der Waals surface area contributed by atoms with Gasteiger partial charge in [0.1, 0.15) is 0 Å². The maximum absolute atomic E-state index is 2.59. The first-order chi connectivity index (χ1) is 20.9. The molecule has 186 valence electrons. The van der Waals surface area contributed by atoms with E-state index in [9.17, 15) is 0 Å². The molecule has 0 rings (SSSR count). The van der Waals surface area contributed by atoms with Crippen LogP contribution in [0.1, 0.15) is 0 Å². The van der Waals surface area contributed by atoms with Crippen LogP contribution in [-0.4, -0.2) is 326 Å². The highest BCUT2D eigenvalue weighted by molar-refractivity contribution is 8.34. The maximum Gasteiger partial charge on any atom is 0.0552 e. The first-order valence-electron chi connectivity index (χ1n) is 20.9. The van der Waals surface area contributed by atoms with Gasteiger partial charge in [0.15, 0.2) is 0 Å². The summed E-state index contributed by atoms with van der Waals surface area (Å²) in [5, 5.41) is 0. The summed E-state index contributed by atoms with van der Waals surface area (Å²) >= 11 is 0. The third-order valence-electron chi connectivity index (χ3n) is 13.2. The minimum absolute atomic E-state index is 0.676.